The molecule has 1 atom stereocenters. The molecule has 0 rings (SSSR count). The van der Waals surface area contributed by atoms with E-state index in [0.717, 1.165) is 6.26 Å². The maximum atomic E-state index is 8.61. The van der Waals surface area contributed by atoms with Crippen molar-refractivity contribution >= 4 is 0 Å². The van der Waals surface area contributed by atoms with Gasteiger partial charge in [0.25, 0.3) is 0 Å². The Balaban J connectivity index is 3.16. The van der Waals surface area contributed by atoms with Crippen LogP contribution in [0.2, 0.25) is 0 Å². The summed E-state index contributed by atoms with van der Waals surface area (Å²) >= 11 is 0. The molecule has 2 nitrogen and oxygen atoms in total. The molecule has 0 saturated heterocycles. The minimum atomic E-state index is -0.481. The minimum Gasteiger partial charge on any atom is -0.516 e. The van der Waals surface area contributed by atoms with Gasteiger partial charge in [0.2, 0.25) is 0 Å². The smallest absolute Gasteiger partial charge is 0.0777 e. The van der Waals surface area contributed by atoms with Crippen molar-refractivity contribution in [2.24, 2.45) is 0 Å². The lowest BCUT2D eigenvalue weighted by molar-refractivity contribution is 0.216. The summed E-state index contributed by atoms with van der Waals surface area (Å²) in [6.45, 7) is 1.84. The van der Waals surface area contributed by atoms with Gasteiger partial charge in [0.1, 0.15) is 0 Å². The van der Waals surface area contributed by atoms with Crippen LogP contribution in [0.3, 0.4) is 0 Å². The van der Waals surface area contributed by atoms with Gasteiger partial charge in [0.05, 0.1) is 12.4 Å². The zero-order valence-corrected chi connectivity index (χ0v) is 4.33. The van der Waals surface area contributed by atoms with Gasteiger partial charge in [-0.15, -0.1) is 0 Å². The predicted molar refractivity (Wildman–Crippen MR) is 28.1 cm³/mol. The third kappa shape index (κ3) is 3.33. The third-order valence-electron chi connectivity index (χ3n) is 0.726. The Kier molecular flexibility index (Phi) is 3.42. The maximum Gasteiger partial charge on any atom is 0.0777 e. The van der Waals surface area contributed by atoms with Crippen molar-refractivity contribution in [3.8, 4) is 0 Å². The Labute approximate surface area is 43.1 Å². The van der Waals surface area contributed by atoms with Gasteiger partial charge in [0, 0.05) is 0 Å². The van der Waals surface area contributed by atoms with Gasteiger partial charge < -0.3 is 10.2 Å². The highest BCUT2D eigenvalue weighted by Crippen LogP contribution is 1.88. The van der Waals surface area contributed by atoms with E-state index in [4.69, 9.17) is 10.2 Å². The van der Waals surface area contributed by atoms with Crippen LogP contribution in [0, 0.1) is 0 Å². The fourth-order valence-corrected chi connectivity index (χ4v) is 0.235. The average Bonchev–Trinajstić information content (AvgIpc) is 1.68. The van der Waals surface area contributed by atoms with Crippen molar-refractivity contribution in [3.63, 3.8) is 0 Å². The van der Waals surface area contributed by atoms with E-state index in [1.165, 1.54) is 6.08 Å². The molecule has 0 aromatic rings. The van der Waals surface area contributed by atoms with E-state index in [2.05, 4.69) is 0 Å². The van der Waals surface area contributed by atoms with Gasteiger partial charge in [-0.05, 0) is 12.5 Å². The standard InChI is InChI=1S/C5H10O2/c1-2-5(7)3-4-6/h3-7H,2H2,1H3. The van der Waals surface area contributed by atoms with Crippen molar-refractivity contribution in [2.45, 2.75) is 19.4 Å². The Morgan fingerprint density at radius 3 is 2.43 bits per heavy atom. The van der Waals surface area contributed by atoms with E-state index >= 15 is 0 Å². The van der Waals surface area contributed by atoms with Gasteiger partial charge in [-0.2, -0.15) is 0 Å². The Morgan fingerprint density at radius 1 is 1.71 bits per heavy atom. The van der Waals surface area contributed by atoms with Gasteiger partial charge in [-0.25, -0.2) is 0 Å². The average molecular weight is 102 g/mol. The largest absolute Gasteiger partial charge is 0.516 e. The molecule has 0 amide bonds. The summed E-state index contributed by atoms with van der Waals surface area (Å²) in [5, 5.41) is 16.6. The lowest BCUT2D eigenvalue weighted by Crippen LogP contribution is -1.97. The van der Waals surface area contributed by atoms with E-state index in [9.17, 15) is 0 Å². The summed E-state index contributed by atoms with van der Waals surface area (Å²) in [5.41, 5.74) is 0. The summed E-state index contributed by atoms with van der Waals surface area (Å²) in [6, 6.07) is 0. The van der Waals surface area contributed by atoms with Gasteiger partial charge in [0.15, 0.2) is 0 Å². The van der Waals surface area contributed by atoms with Crippen molar-refractivity contribution in [1.82, 2.24) is 0 Å². The number of rotatable bonds is 2. The first-order valence-electron chi connectivity index (χ1n) is 2.30. The molecule has 7 heavy (non-hydrogen) atoms. The molecule has 0 aliphatic carbocycles. The second kappa shape index (κ2) is 3.68. The molecular formula is C5H10O2. The SMILES string of the molecule is CCC(O)C=CO. The molecule has 0 aliphatic rings. The summed E-state index contributed by atoms with van der Waals surface area (Å²) < 4.78 is 0. The molecule has 0 heterocycles. The van der Waals surface area contributed by atoms with Crippen LogP contribution in [0.4, 0.5) is 0 Å². The normalized spacial score (nSPS) is 15.1. The van der Waals surface area contributed by atoms with Crippen LogP contribution in [0.5, 0.6) is 0 Å². The quantitative estimate of drug-likeness (QED) is 0.507. The molecule has 2 N–H and O–H groups in total. The Bertz CT molecular complexity index is 59.1. The molecule has 0 fully saturated rings. The third-order valence-corrected chi connectivity index (χ3v) is 0.726. The van der Waals surface area contributed by atoms with Crippen LogP contribution in [0.1, 0.15) is 13.3 Å². The number of hydrogen-bond donors (Lipinski definition) is 2. The van der Waals surface area contributed by atoms with Crippen molar-refractivity contribution in [2.75, 3.05) is 0 Å². The molecule has 1 unspecified atom stereocenters. The predicted octanol–water partition coefficient (Wildman–Crippen LogP) is 0.829. The van der Waals surface area contributed by atoms with Crippen LogP contribution in [0.25, 0.3) is 0 Å². The van der Waals surface area contributed by atoms with Gasteiger partial charge >= 0.3 is 0 Å². The van der Waals surface area contributed by atoms with Crippen LogP contribution >= 0.6 is 0 Å². The highest BCUT2D eigenvalue weighted by Gasteiger charge is 1.88. The molecule has 42 valence electrons. The summed E-state index contributed by atoms with van der Waals surface area (Å²) in [4.78, 5) is 0. The monoisotopic (exact) mass is 102 g/mol. The Hall–Kier alpha value is -0.500. The molecule has 0 bridgehead atoms. The number of aliphatic hydroxyl groups excluding tert-OH is 2. The van der Waals surface area contributed by atoms with Crippen LogP contribution < -0.4 is 0 Å². The van der Waals surface area contributed by atoms with E-state index in [-0.39, 0.29) is 0 Å². The summed E-state index contributed by atoms with van der Waals surface area (Å²) in [7, 11) is 0. The highest BCUT2D eigenvalue weighted by atomic mass is 16.3. The molecule has 0 spiro atoms. The zero-order chi connectivity index (χ0) is 5.70. The van der Waals surface area contributed by atoms with Crippen molar-refractivity contribution < 1.29 is 10.2 Å². The maximum absolute atomic E-state index is 8.61. The molecular weight excluding hydrogens is 92.1 g/mol. The molecule has 0 aliphatic heterocycles. The fourth-order valence-electron chi connectivity index (χ4n) is 0.235. The lowest BCUT2D eigenvalue weighted by atomic mass is 10.3. The second-order valence-corrected chi connectivity index (χ2v) is 1.32. The van der Waals surface area contributed by atoms with E-state index in [1.54, 1.807) is 0 Å². The first kappa shape index (κ1) is 6.50. The van der Waals surface area contributed by atoms with Gasteiger partial charge in [-0.3, -0.25) is 0 Å². The number of aliphatic hydroxyl groups is 2. The van der Waals surface area contributed by atoms with Crippen LogP contribution in [-0.2, 0) is 0 Å². The van der Waals surface area contributed by atoms with E-state index in [1.807, 2.05) is 6.92 Å². The van der Waals surface area contributed by atoms with E-state index in [0.29, 0.717) is 6.42 Å². The van der Waals surface area contributed by atoms with Crippen molar-refractivity contribution in [3.05, 3.63) is 12.3 Å². The lowest BCUT2D eigenvalue weighted by Gasteiger charge is -1.94. The molecule has 0 aromatic carbocycles. The van der Waals surface area contributed by atoms with Gasteiger partial charge in [-0.1, -0.05) is 6.92 Å². The van der Waals surface area contributed by atoms with E-state index < -0.39 is 6.10 Å². The molecule has 2 heteroatoms. The van der Waals surface area contributed by atoms with Crippen LogP contribution in [0.15, 0.2) is 12.3 Å². The molecule has 0 radical (unpaired) electrons. The molecule has 0 aromatic heterocycles. The summed E-state index contributed by atoms with van der Waals surface area (Å²) in [6.07, 6.45) is 2.36. The highest BCUT2D eigenvalue weighted by molar-refractivity contribution is 4.79. The first-order chi connectivity index (χ1) is 3.31. The fraction of sp³-hybridized carbons (Fsp3) is 0.600. The van der Waals surface area contributed by atoms with Crippen molar-refractivity contribution in [1.29, 1.82) is 0 Å². The topological polar surface area (TPSA) is 40.5 Å². The zero-order valence-electron chi connectivity index (χ0n) is 4.33. The first-order valence-corrected chi connectivity index (χ1v) is 2.30. The second-order valence-electron chi connectivity index (χ2n) is 1.32. The number of hydrogen-bond acceptors (Lipinski definition) is 2. The Morgan fingerprint density at radius 2 is 2.29 bits per heavy atom. The molecule has 0 saturated carbocycles. The summed E-state index contributed by atoms with van der Waals surface area (Å²) in [5.74, 6) is 0. The minimum absolute atomic E-state index is 0.481. The van der Waals surface area contributed by atoms with Crippen LogP contribution in [-0.4, -0.2) is 16.3 Å².